The molecule has 1 rings (SSSR count). The Labute approximate surface area is 89.5 Å². The first-order valence-electron chi connectivity index (χ1n) is 4.67. The Hall–Kier alpha value is -1.79. The predicted octanol–water partition coefficient (Wildman–Crippen LogP) is 2.23. The molecule has 0 aromatic heterocycles. The van der Waals surface area contributed by atoms with Crippen LogP contribution in [0.4, 0.5) is 0 Å². The fraction of sp³-hybridized carbons (Fsp3) is 0.250. The van der Waals surface area contributed by atoms with Gasteiger partial charge in [0.1, 0.15) is 5.75 Å². The molecule has 0 aliphatic carbocycles. The molecule has 3 nitrogen and oxygen atoms in total. The molecule has 0 unspecified atom stereocenters. The first-order chi connectivity index (χ1) is 7.04. The smallest absolute Gasteiger partial charge is 0.120 e. The van der Waals surface area contributed by atoms with Gasteiger partial charge in [0, 0.05) is 11.6 Å². The minimum absolute atomic E-state index is 0.128. The van der Waals surface area contributed by atoms with Gasteiger partial charge in [-0.3, -0.25) is 0 Å². The SMILES string of the molecule is C=C(C)C[C@H](N)c1cc(C#N)ccc1O. The fourth-order valence-corrected chi connectivity index (χ4v) is 1.41. The number of nitriles is 1. The lowest BCUT2D eigenvalue weighted by atomic mass is 9.98. The highest BCUT2D eigenvalue weighted by atomic mass is 16.3. The molecule has 0 amide bonds. The van der Waals surface area contributed by atoms with Gasteiger partial charge in [0.25, 0.3) is 0 Å². The number of aromatic hydroxyl groups is 1. The Bertz CT molecular complexity index is 418. The quantitative estimate of drug-likeness (QED) is 0.738. The van der Waals surface area contributed by atoms with Crippen molar-refractivity contribution in [3.8, 4) is 11.8 Å². The van der Waals surface area contributed by atoms with Crippen LogP contribution in [0.3, 0.4) is 0 Å². The van der Waals surface area contributed by atoms with Crippen molar-refractivity contribution in [2.45, 2.75) is 19.4 Å². The third-order valence-electron chi connectivity index (χ3n) is 2.12. The van der Waals surface area contributed by atoms with Gasteiger partial charge in [-0.1, -0.05) is 5.57 Å². The van der Waals surface area contributed by atoms with Crippen molar-refractivity contribution in [2.24, 2.45) is 5.73 Å². The average molecular weight is 202 g/mol. The molecule has 3 N–H and O–H groups in total. The van der Waals surface area contributed by atoms with E-state index in [1.54, 1.807) is 12.1 Å². The van der Waals surface area contributed by atoms with Crippen molar-refractivity contribution in [1.82, 2.24) is 0 Å². The van der Waals surface area contributed by atoms with E-state index in [-0.39, 0.29) is 11.8 Å². The molecule has 0 radical (unpaired) electrons. The molecule has 1 atom stereocenters. The molecule has 3 heteroatoms. The van der Waals surface area contributed by atoms with Crippen LogP contribution in [0.25, 0.3) is 0 Å². The molecule has 15 heavy (non-hydrogen) atoms. The molecule has 0 bridgehead atoms. The molecule has 0 aliphatic heterocycles. The van der Waals surface area contributed by atoms with E-state index in [0.717, 1.165) is 5.57 Å². The van der Waals surface area contributed by atoms with E-state index in [0.29, 0.717) is 17.5 Å². The van der Waals surface area contributed by atoms with Gasteiger partial charge in [-0.25, -0.2) is 0 Å². The summed E-state index contributed by atoms with van der Waals surface area (Å²) in [5.41, 5.74) is 7.93. The Morgan fingerprint density at radius 2 is 2.33 bits per heavy atom. The summed E-state index contributed by atoms with van der Waals surface area (Å²) in [6.45, 7) is 5.65. The van der Waals surface area contributed by atoms with Crippen LogP contribution in [0.15, 0.2) is 30.4 Å². The van der Waals surface area contributed by atoms with Gasteiger partial charge < -0.3 is 10.8 Å². The zero-order chi connectivity index (χ0) is 11.4. The van der Waals surface area contributed by atoms with E-state index < -0.39 is 0 Å². The lowest BCUT2D eigenvalue weighted by Crippen LogP contribution is -2.10. The number of nitrogens with zero attached hydrogens (tertiary/aromatic N) is 1. The zero-order valence-electron chi connectivity index (χ0n) is 8.70. The Morgan fingerprint density at radius 1 is 1.67 bits per heavy atom. The fourth-order valence-electron chi connectivity index (χ4n) is 1.41. The van der Waals surface area contributed by atoms with Crippen molar-refractivity contribution in [3.63, 3.8) is 0 Å². The highest BCUT2D eigenvalue weighted by Gasteiger charge is 2.11. The summed E-state index contributed by atoms with van der Waals surface area (Å²) in [4.78, 5) is 0. The minimum Gasteiger partial charge on any atom is -0.508 e. The maximum Gasteiger partial charge on any atom is 0.120 e. The number of phenolic OH excluding ortho intramolecular Hbond substituents is 1. The van der Waals surface area contributed by atoms with E-state index in [1.165, 1.54) is 6.07 Å². The van der Waals surface area contributed by atoms with E-state index >= 15 is 0 Å². The first-order valence-corrected chi connectivity index (χ1v) is 4.67. The lowest BCUT2D eigenvalue weighted by Gasteiger charge is -2.13. The number of rotatable bonds is 3. The number of hydrogen-bond donors (Lipinski definition) is 2. The van der Waals surface area contributed by atoms with Crippen LogP contribution in [-0.2, 0) is 0 Å². The largest absolute Gasteiger partial charge is 0.508 e. The van der Waals surface area contributed by atoms with Gasteiger partial charge in [0.2, 0.25) is 0 Å². The summed E-state index contributed by atoms with van der Waals surface area (Å²) < 4.78 is 0. The Kier molecular flexibility index (Phi) is 3.48. The molecule has 0 saturated carbocycles. The van der Waals surface area contributed by atoms with Gasteiger partial charge >= 0.3 is 0 Å². The predicted molar refractivity (Wildman–Crippen MR) is 59.2 cm³/mol. The summed E-state index contributed by atoms with van der Waals surface area (Å²) >= 11 is 0. The topological polar surface area (TPSA) is 70.0 Å². The summed E-state index contributed by atoms with van der Waals surface area (Å²) in [6, 6.07) is 6.37. The molecule has 0 heterocycles. The van der Waals surface area contributed by atoms with Crippen molar-refractivity contribution in [3.05, 3.63) is 41.5 Å². The van der Waals surface area contributed by atoms with Crippen LogP contribution < -0.4 is 5.73 Å². The van der Waals surface area contributed by atoms with E-state index in [1.807, 2.05) is 13.0 Å². The van der Waals surface area contributed by atoms with Gasteiger partial charge in [-0.2, -0.15) is 5.26 Å². The maximum absolute atomic E-state index is 9.59. The molecule has 0 aliphatic rings. The van der Waals surface area contributed by atoms with Gasteiger partial charge in [0.15, 0.2) is 0 Å². The van der Waals surface area contributed by atoms with Crippen LogP contribution in [0.5, 0.6) is 5.75 Å². The van der Waals surface area contributed by atoms with Crippen LogP contribution in [-0.4, -0.2) is 5.11 Å². The Morgan fingerprint density at radius 3 is 2.87 bits per heavy atom. The van der Waals surface area contributed by atoms with Crippen LogP contribution in [0.1, 0.15) is 30.5 Å². The highest BCUT2D eigenvalue weighted by molar-refractivity contribution is 5.43. The molecule has 78 valence electrons. The minimum atomic E-state index is -0.309. The Balaban J connectivity index is 3.02. The highest BCUT2D eigenvalue weighted by Crippen LogP contribution is 2.27. The van der Waals surface area contributed by atoms with E-state index in [2.05, 4.69) is 6.58 Å². The van der Waals surface area contributed by atoms with Crippen molar-refractivity contribution in [2.75, 3.05) is 0 Å². The third-order valence-corrected chi connectivity index (χ3v) is 2.12. The molecular formula is C12H14N2O. The monoisotopic (exact) mass is 202 g/mol. The van der Waals surface area contributed by atoms with Crippen molar-refractivity contribution in [1.29, 1.82) is 5.26 Å². The second-order valence-electron chi connectivity index (χ2n) is 3.65. The van der Waals surface area contributed by atoms with Gasteiger partial charge in [-0.05, 0) is 31.5 Å². The first kappa shape index (κ1) is 11.3. The zero-order valence-corrected chi connectivity index (χ0v) is 8.70. The van der Waals surface area contributed by atoms with E-state index in [4.69, 9.17) is 11.0 Å². The standard InChI is InChI=1S/C12H14N2O/c1-8(2)5-11(14)10-6-9(7-13)3-4-12(10)15/h3-4,6,11,15H,1,5,14H2,2H3/t11-/m0/s1. The molecule has 0 saturated heterocycles. The third kappa shape index (κ3) is 2.83. The maximum atomic E-state index is 9.59. The number of hydrogen-bond acceptors (Lipinski definition) is 3. The molecular weight excluding hydrogens is 188 g/mol. The van der Waals surface area contributed by atoms with Gasteiger partial charge in [-0.15, -0.1) is 6.58 Å². The average Bonchev–Trinajstić information content (AvgIpc) is 2.17. The summed E-state index contributed by atoms with van der Waals surface area (Å²) in [7, 11) is 0. The number of phenols is 1. The summed E-state index contributed by atoms with van der Waals surface area (Å²) in [5.74, 6) is 0.128. The molecule has 1 aromatic rings. The molecule has 0 fully saturated rings. The number of benzene rings is 1. The number of nitrogens with two attached hydrogens (primary N) is 1. The second-order valence-corrected chi connectivity index (χ2v) is 3.65. The lowest BCUT2D eigenvalue weighted by molar-refractivity contribution is 0.461. The summed E-state index contributed by atoms with van der Waals surface area (Å²) in [6.07, 6.45) is 0.600. The van der Waals surface area contributed by atoms with Crippen LogP contribution in [0.2, 0.25) is 0 Å². The normalized spacial score (nSPS) is 11.8. The van der Waals surface area contributed by atoms with Crippen molar-refractivity contribution >= 4 is 0 Å². The van der Waals surface area contributed by atoms with Gasteiger partial charge in [0.05, 0.1) is 11.6 Å². The van der Waals surface area contributed by atoms with E-state index in [9.17, 15) is 5.11 Å². The molecule has 0 spiro atoms. The summed E-state index contributed by atoms with van der Waals surface area (Å²) in [5, 5.41) is 18.3. The second kappa shape index (κ2) is 4.63. The van der Waals surface area contributed by atoms with Crippen LogP contribution >= 0.6 is 0 Å². The molecule has 1 aromatic carbocycles. The van der Waals surface area contributed by atoms with Crippen molar-refractivity contribution < 1.29 is 5.11 Å². The van der Waals surface area contributed by atoms with Crippen LogP contribution in [0, 0.1) is 11.3 Å².